The number of anilines is 1. The molecule has 0 bridgehead atoms. The molecule has 2 rings (SSSR count). The summed E-state index contributed by atoms with van der Waals surface area (Å²) in [6.07, 6.45) is 1.78. The molecule has 1 aliphatic rings. The molecule has 5 nitrogen and oxygen atoms in total. The molecular weight excluding hydrogens is 260 g/mol. The molecule has 1 saturated heterocycles. The molecule has 1 fully saturated rings. The van der Waals surface area contributed by atoms with Crippen molar-refractivity contribution in [3.05, 3.63) is 11.1 Å². The van der Waals surface area contributed by atoms with E-state index in [1.165, 1.54) is 11.3 Å². The molecular formula is C10H17ClN4OS. The lowest BCUT2D eigenvalue weighted by Gasteiger charge is -2.40. The normalized spacial score (nSPS) is 19.5. The Labute approximate surface area is 111 Å². The molecule has 96 valence electrons. The van der Waals surface area contributed by atoms with Crippen molar-refractivity contribution < 1.29 is 4.79 Å². The van der Waals surface area contributed by atoms with Crippen molar-refractivity contribution >= 4 is 34.8 Å². The standard InChI is InChI=1S/C10H16N4OS.ClH/c1-10(2)8(15)12-3-4-14(10)6-7-5-13-9(11)16-7;/h5H,3-4,6H2,1-2H3,(H2,11,13)(H,12,15);1H. The van der Waals surface area contributed by atoms with E-state index in [9.17, 15) is 4.79 Å². The minimum atomic E-state index is -0.461. The molecule has 1 aromatic rings. The van der Waals surface area contributed by atoms with Crippen LogP contribution >= 0.6 is 23.7 Å². The lowest BCUT2D eigenvalue weighted by Crippen LogP contribution is -2.61. The highest BCUT2D eigenvalue weighted by Crippen LogP contribution is 2.23. The number of piperazine rings is 1. The van der Waals surface area contributed by atoms with Crippen LogP contribution < -0.4 is 11.1 Å². The van der Waals surface area contributed by atoms with Crippen LogP contribution in [0.2, 0.25) is 0 Å². The lowest BCUT2D eigenvalue weighted by molar-refractivity contribution is -0.135. The van der Waals surface area contributed by atoms with E-state index in [1.54, 1.807) is 6.20 Å². The smallest absolute Gasteiger partial charge is 0.240 e. The molecule has 1 amide bonds. The van der Waals surface area contributed by atoms with Crippen molar-refractivity contribution in [2.24, 2.45) is 0 Å². The number of nitrogens with zero attached hydrogens (tertiary/aromatic N) is 2. The lowest BCUT2D eigenvalue weighted by atomic mass is 9.99. The Balaban J connectivity index is 0.00000144. The van der Waals surface area contributed by atoms with E-state index in [4.69, 9.17) is 5.73 Å². The number of hydrogen-bond acceptors (Lipinski definition) is 5. The first-order valence-electron chi connectivity index (χ1n) is 5.23. The summed E-state index contributed by atoms with van der Waals surface area (Å²) in [5, 5.41) is 3.45. The van der Waals surface area contributed by atoms with Crippen LogP contribution in [-0.2, 0) is 11.3 Å². The van der Waals surface area contributed by atoms with Gasteiger partial charge in [0, 0.05) is 30.7 Å². The molecule has 1 aromatic heterocycles. The summed E-state index contributed by atoms with van der Waals surface area (Å²) in [5.74, 6) is 0.0798. The number of halogens is 1. The Bertz CT molecular complexity index is 407. The van der Waals surface area contributed by atoms with Gasteiger partial charge in [-0.05, 0) is 13.8 Å². The Morgan fingerprint density at radius 1 is 1.65 bits per heavy atom. The molecule has 0 unspecified atom stereocenters. The SMILES string of the molecule is CC1(C)C(=O)NCCN1Cc1cnc(N)s1.Cl. The summed E-state index contributed by atoms with van der Waals surface area (Å²) in [6.45, 7) is 6.17. The van der Waals surface area contributed by atoms with E-state index < -0.39 is 5.54 Å². The summed E-state index contributed by atoms with van der Waals surface area (Å²) in [7, 11) is 0. The number of carbonyl (C=O) groups is 1. The monoisotopic (exact) mass is 276 g/mol. The number of hydrogen-bond donors (Lipinski definition) is 2. The molecule has 0 atom stereocenters. The van der Waals surface area contributed by atoms with Crippen LogP contribution in [0.15, 0.2) is 6.20 Å². The zero-order chi connectivity index (χ0) is 11.8. The van der Waals surface area contributed by atoms with Gasteiger partial charge in [0.1, 0.15) is 0 Å². The summed E-state index contributed by atoms with van der Waals surface area (Å²) < 4.78 is 0. The number of rotatable bonds is 2. The summed E-state index contributed by atoms with van der Waals surface area (Å²) in [5.41, 5.74) is 5.13. The Kier molecular flexibility index (Phi) is 4.35. The third-order valence-electron chi connectivity index (χ3n) is 2.93. The predicted molar refractivity (Wildman–Crippen MR) is 71.3 cm³/mol. The molecule has 0 aliphatic carbocycles. The summed E-state index contributed by atoms with van der Waals surface area (Å²) in [6, 6.07) is 0. The largest absolute Gasteiger partial charge is 0.375 e. The van der Waals surface area contributed by atoms with Gasteiger partial charge in [-0.2, -0.15) is 0 Å². The van der Waals surface area contributed by atoms with E-state index in [0.717, 1.165) is 18.0 Å². The van der Waals surface area contributed by atoms with Gasteiger partial charge in [-0.25, -0.2) is 4.98 Å². The van der Waals surface area contributed by atoms with Gasteiger partial charge in [0.15, 0.2) is 5.13 Å². The second-order valence-electron chi connectivity index (χ2n) is 4.40. The number of nitrogen functional groups attached to an aromatic ring is 1. The Morgan fingerprint density at radius 2 is 2.35 bits per heavy atom. The van der Waals surface area contributed by atoms with Gasteiger partial charge in [-0.3, -0.25) is 9.69 Å². The summed E-state index contributed by atoms with van der Waals surface area (Å²) in [4.78, 5) is 19.0. The van der Waals surface area contributed by atoms with Crippen molar-refractivity contribution in [1.29, 1.82) is 0 Å². The van der Waals surface area contributed by atoms with Crippen LogP contribution in [0.4, 0.5) is 5.13 Å². The predicted octanol–water partition coefficient (Wildman–Crippen LogP) is 0.857. The van der Waals surface area contributed by atoms with E-state index in [-0.39, 0.29) is 18.3 Å². The Morgan fingerprint density at radius 3 is 2.94 bits per heavy atom. The quantitative estimate of drug-likeness (QED) is 0.840. The maximum Gasteiger partial charge on any atom is 0.240 e. The maximum atomic E-state index is 11.7. The first kappa shape index (κ1) is 14.2. The van der Waals surface area contributed by atoms with E-state index in [0.29, 0.717) is 11.7 Å². The van der Waals surface area contributed by atoms with Crippen molar-refractivity contribution in [2.75, 3.05) is 18.8 Å². The second-order valence-corrected chi connectivity index (χ2v) is 5.55. The Hall–Kier alpha value is -0.850. The van der Waals surface area contributed by atoms with Gasteiger partial charge >= 0.3 is 0 Å². The minimum absolute atomic E-state index is 0. The minimum Gasteiger partial charge on any atom is -0.375 e. The van der Waals surface area contributed by atoms with Gasteiger partial charge < -0.3 is 11.1 Å². The first-order valence-corrected chi connectivity index (χ1v) is 6.05. The van der Waals surface area contributed by atoms with Gasteiger partial charge in [0.2, 0.25) is 5.91 Å². The maximum absolute atomic E-state index is 11.7. The number of nitrogens with one attached hydrogen (secondary N) is 1. The fourth-order valence-electron chi connectivity index (χ4n) is 1.80. The van der Waals surface area contributed by atoms with Crippen LogP contribution in [-0.4, -0.2) is 34.4 Å². The van der Waals surface area contributed by atoms with Crippen LogP contribution in [0.3, 0.4) is 0 Å². The average Bonchev–Trinajstić information content (AvgIpc) is 2.60. The van der Waals surface area contributed by atoms with Gasteiger partial charge in [-0.15, -0.1) is 23.7 Å². The molecule has 1 aliphatic heterocycles. The van der Waals surface area contributed by atoms with E-state index in [2.05, 4.69) is 15.2 Å². The van der Waals surface area contributed by atoms with Gasteiger partial charge in [0.25, 0.3) is 0 Å². The summed E-state index contributed by atoms with van der Waals surface area (Å²) >= 11 is 1.48. The fraction of sp³-hybridized carbons (Fsp3) is 0.600. The van der Waals surface area contributed by atoms with Gasteiger partial charge in [0.05, 0.1) is 5.54 Å². The second kappa shape index (κ2) is 5.20. The van der Waals surface area contributed by atoms with Crippen LogP contribution in [0, 0.1) is 0 Å². The van der Waals surface area contributed by atoms with Crippen LogP contribution in [0.25, 0.3) is 0 Å². The zero-order valence-electron chi connectivity index (χ0n) is 9.90. The van der Waals surface area contributed by atoms with Gasteiger partial charge in [-0.1, -0.05) is 0 Å². The number of aromatic nitrogens is 1. The highest BCUT2D eigenvalue weighted by atomic mass is 35.5. The van der Waals surface area contributed by atoms with E-state index in [1.807, 2.05) is 13.8 Å². The highest BCUT2D eigenvalue weighted by molar-refractivity contribution is 7.15. The topological polar surface area (TPSA) is 71.2 Å². The number of carbonyl (C=O) groups excluding carboxylic acids is 1. The van der Waals surface area contributed by atoms with Crippen molar-refractivity contribution in [2.45, 2.75) is 25.9 Å². The van der Waals surface area contributed by atoms with Crippen LogP contribution in [0.1, 0.15) is 18.7 Å². The molecule has 0 saturated carbocycles. The third kappa shape index (κ3) is 2.88. The third-order valence-corrected chi connectivity index (χ3v) is 3.74. The zero-order valence-corrected chi connectivity index (χ0v) is 11.5. The number of nitrogens with two attached hydrogens (primary N) is 1. The molecule has 0 aromatic carbocycles. The molecule has 17 heavy (non-hydrogen) atoms. The number of amides is 1. The average molecular weight is 277 g/mol. The molecule has 2 heterocycles. The van der Waals surface area contributed by atoms with E-state index >= 15 is 0 Å². The molecule has 0 radical (unpaired) electrons. The van der Waals surface area contributed by atoms with Crippen molar-refractivity contribution in [3.8, 4) is 0 Å². The molecule has 3 N–H and O–H groups in total. The molecule has 7 heteroatoms. The highest BCUT2D eigenvalue weighted by Gasteiger charge is 2.37. The molecule has 0 spiro atoms. The fourth-order valence-corrected chi connectivity index (χ4v) is 2.50. The van der Waals surface area contributed by atoms with Crippen LogP contribution in [0.5, 0.6) is 0 Å². The van der Waals surface area contributed by atoms with Crippen molar-refractivity contribution in [3.63, 3.8) is 0 Å². The number of thiazole rings is 1. The first-order chi connectivity index (χ1) is 7.50. The van der Waals surface area contributed by atoms with Crippen molar-refractivity contribution in [1.82, 2.24) is 15.2 Å².